The molecule has 0 saturated carbocycles. The van der Waals surface area contributed by atoms with Crippen molar-refractivity contribution in [2.75, 3.05) is 0 Å². The average Bonchev–Trinajstić information content (AvgIpc) is 1.80. The minimum absolute atomic E-state index is 1.10. The van der Waals surface area contributed by atoms with Gasteiger partial charge in [0, 0.05) is 4.47 Å². The molecule has 0 saturated heterocycles. The van der Waals surface area contributed by atoms with E-state index in [0.29, 0.717) is 0 Å². The van der Waals surface area contributed by atoms with Gasteiger partial charge in [-0.05, 0) is 37.1 Å². The van der Waals surface area contributed by atoms with Gasteiger partial charge in [-0.3, -0.25) is 0 Å². The van der Waals surface area contributed by atoms with Crippen LogP contribution in [0.5, 0.6) is 0 Å². The Kier molecular flexibility index (Phi) is 1.91. The standard InChI is InChI=1S/C8H8Br/c1-6-3-4-8(9)5-7(6)2/h3-5H,1H2,2H3. The highest BCUT2D eigenvalue weighted by molar-refractivity contribution is 9.10. The first-order chi connectivity index (χ1) is 4.20. The first-order valence-electron chi connectivity index (χ1n) is 2.78. The molecule has 1 rings (SSSR count). The summed E-state index contributed by atoms with van der Waals surface area (Å²) in [5.41, 5.74) is 2.32. The van der Waals surface area contributed by atoms with E-state index in [1.165, 1.54) is 5.56 Å². The monoisotopic (exact) mass is 183 g/mol. The highest BCUT2D eigenvalue weighted by atomic mass is 79.9. The molecule has 0 amide bonds. The molecular formula is C8H8Br. The van der Waals surface area contributed by atoms with Crippen LogP contribution in [-0.4, -0.2) is 0 Å². The van der Waals surface area contributed by atoms with E-state index >= 15 is 0 Å². The van der Waals surface area contributed by atoms with Crippen molar-refractivity contribution in [3.63, 3.8) is 0 Å². The maximum Gasteiger partial charge on any atom is 0.0178 e. The van der Waals surface area contributed by atoms with Gasteiger partial charge in [0.05, 0.1) is 0 Å². The summed E-state index contributed by atoms with van der Waals surface area (Å²) in [5.74, 6) is 0. The molecule has 0 aliphatic rings. The lowest BCUT2D eigenvalue weighted by molar-refractivity contribution is 1.40. The molecule has 1 heteroatoms. The number of hydrogen-bond donors (Lipinski definition) is 0. The number of aryl methyl sites for hydroxylation is 1. The van der Waals surface area contributed by atoms with Crippen LogP contribution in [0.2, 0.25) is 0 Å². The van der Waals surface area contributed by atoms with E-state index in [4.69, 9.17) is 0 Å². The number of halogens is 1. The van der Waals surface area contributed by atoms with Crippen molar-refractivity contribution < 1.29 is 0 Å². The lowest BCUT2D eigenvalue weighted by Gasteiger charge is -1.97. The maximum atomic E-state index is 3.84. The van der Waals surface area contributed by atoms with Gasteiger partial charge in [-0.15, -0.1) is 0 Å². The molecule has 1 aromatic carbocycles. The molecule has 9 heavy (non-hydrogen) atoms. The lowest BCUT2D eigenvalue weighted by Crippen LogP contribution is -1.77. The summed E-state index contributed by atoms with van der Waals surface area (Å²) < 4.78 is 1.12. The van der Waals surface area contributed by atoms with Crippen LogP contribution in [-0.2, 0) is 0 Å². The van der Waals surface area contributed by atoms with Crippen LogP contribution in [0.1, 0.15) is 11.1 Å². The predicted octanol–water partition coefficient (Wildman–Crippen LogP) is 2.94. The number of rotatable bonds is 0. The van der Waals surface area contributed by atoms with Crippen molar-refractivity contribution >= 4 is 15.9 Å². The maximum absolute atomic E-state index is 3.84. The second kappa shape index (κ2) is 2.53. The van der Waals surface area contributed by atoms with Crippen molar-refractivity contribution in [1.82, 2.24) is 0 Å². The van der Waals surface area contributed by atoms with Crippen LogP contribution in [0, 0.1) is 13.8 Å². The smallest absolute Gasteiger partial charge is 0.0178 e. The van der Waals surface area contributed by atoms with E-state index in [0.717, 1.165) is 10.0 Å². The molecule has 1 radical (unpaired) electrons. The number of hydrogen-bond acceptors (Lipinski definition) is 0. The molecule has 0 heterocycles. The van der Waals surface area contributed by atoms with Crippen LogP contribution in [0.3, 0.4) is 0 Å². The molecule has 0 N–H and O–H groups in total. The van der Waals surface area contributed by atoms with Gasteiger partial charge in [0.2, 0.25) is 0 Å². The Balaban J connectivity index is 3.17. The predicted molar refractivity (Wildman–Crippen MR) is 43.3 cm³/mol. The fourth-order valence-corrected chi connectivity index (χ4v) is 1.13. The largest absolute Gasteiger partial charge is 0.0576 e. The fourth-order valence-electron chi connectivity index (χ4n) is 0.659. The molecular weight excluding hydrogens is 176 g/mol. The topological polar surface area (TPSA) is 0 Å². The van der Waals surface area contributed by atoms with Crippen LogP contribution in [0.25, 0.3) is 0 Å². The zero-order valence-corrected chi connectivity index (χ0v) is 6.90. The van der Waals surface area contributed by atoms with Gasteiger partial charge in [0.15, 0.2) is 0 Å². The Bertz CT molecular complexity index is 216. The SMILES string of the molecule is [CH2]c1ccc(Br)cc1C. The zero-order chi connectivity index (χ0) is 6.85. The van der Waals surface area contributed by atoms with E-state index in [1.54, 1.807) is 0 Å². The van der Waals surface area contributed by atoms with Crippen molar-refractivity contribution in [3.05, 3.63) is 40.7 Å². The Morgan fingerprint density at radius 1 is 1.44 bits per heavy atom. The summed E-state index contributed by atoms with van der Waals surface area (Å²) in [4.78, 5) is 0. The molecule has 0 atom stereocenters. The fraction of sp³-hybridized carbons (Fsp3) is 0.125. The van der Waals surface area contributed by atoms with E-state index in [9.17, 15) is 0 Å². The Morgan fingerprint density at radius 2 is 2.11 bits per heavy atom. The van der Waals surface area contributed by atoms with Crippen molar-refractivity contribution in [2.45, 2.75) is 6.92 Å². The zero-order valence-electron chi connectivity index (χ0n) is 5.32. The van der Waals surface area contributed by atoms with Crippen molar-refractivity contribution in [3.8, 4) is 0 Å². The second-order valence-corrected chi connectivity index (χ2v) is 2.99. The normalized spacial score (nSPS) is 9.67. The van der Waals surface area contributed by atoms with E-state index in [-0.39, 0.29) is 0 Å². The summed E-state index contributed by atoms with van der Waals surface area (Å²) in [5, 5.41) is 0. The Morgan fingerprint density at radius 3 is 2.56 bits per heavy atom. The van der Waals surface area contributed by atoms with Gasteiger partial charge >= 0.3 is 0 Å². The van der Waals surface area contributed by atoms with E-state index < -0.39 is 0 Å². The first-order valence-corrected chi connectivity index (χ1v) is 3.57. The van der Waals surface area contributed by atoms with Crippen molar-refractivity contribution in [1.29, 1.82) is 0 Å². The Labute approximate surface area is 64.0 Å². The van der Waals surface area contributed by atoms with Gasteiger partial charge in [0.1, 0.15) is 0 Å². The molecule has 0 aromatic heterocycles. The first kappa shape index (κ1) is 6.81. The summed E-state index contributed by atoms with van der Waals surface area (Å²) in [6.07, 6.45) is 0. The Hall–Kier alpha value is -0.300. The van der Waals surface area contributed by atoms with Crippen molar-refractivity contribution in [2.24, 2.45) is 0 Å². The summed E-state index contributed by atoms with van der Waals surface area (Å²) in [7, 11) is 0. The molecule has 0 nitrogen and oxygen atoms in total. The lowest BCUT2D eigenvalue weighted by atomic mass is 10.1. The van der Waals surface area contributed by atoms with Crippen LogP contribution in [0.4, 0.5) is 0 Å². The van der Waals surface area contributed by atoms with Crippen LogP contribution < -0.4 is 0 Å². The quantitative estimate of drug-likeness (QED) is 0.581. The molecule has 0 aliphatic heterocycles. The molecule has 47 valence electrons. The second-order valence-electron chi connectivity index (χ2n) is 2.07. The minimum atomic E-state index is 1.10. The molecule has 0 fully saturated rings. The van der Waals surface area contributed by atoms with Gasteiger partial charge in [-0.2, -0.15) is 0 Å². The molecule has 0 unspecified atom stereocenters. The van der Waals surface area contributed by atoms with Gasteiger partial charge in [-0.25, -0.2) is 0 Å². The molecule has 0 spiro atoms. The molecule has 0 bridgehead atoms. The van der Waals surface area contributed by atoms with E-state index in [2.05, 4.69) is 28.9 Å². The summed E-state index contributed by atoms with van der Waals surface area (Å²) in [6, 6.07) is 6.05. The highest BCUT2D eigenvalue weighted by Gasteiger charge is 1.90. The molecule has 0 aliphatic carbocycles. The van der Waals surface area contributed by atoms with Crippen LogP contribution in [0.15, 0.2) is 22.7 Å². The van der Waals surface area contributed by atoms with Crippen LogP contribution >= 0.6 is 15.9 Å². The van der Waals surface area contributed by atoms with Gasteiger partial charge in [-0.1, -0.05) is 22.0 Å². The summed E-state index contributed by atoms with van der Waals surface area (Å²) in [6.45, 7) is 5.89. The van der Waals surface area contributed by atoms with Gasteiger partial charge < -0.3 is 0 Å². The number of benzene rings is 1. The highest BCUT2D eigenvalue weighted by Crippen LogP contribution is 2.14. The van der Waals surface area contributed by atoms with Gasteiger partial charge in [0.25, 0.3) is 0 Å². The third-order valence-electron chi connectivity index (χ3n) is 1.30. The van der Waals surface area contributed by atoms with E-state index in [1.807, 2.05) is 19.1 Å². The molecule has 1 aromatic rings. The summed E-state index contributed by atoms with van der Waals surface area (Å²) >= 11 is 3.37. The average molecular weight is 184 g/mol. The third-order valence-corrected chi connectivity index (χ3v) is 1.80. The third kappa shape index (κ3) is 1.55. The minimum Gasteiger partial charge on any atom is -0.0576 e.